The van der Waals surface area contributed by atoms with E-state index in [4.69, 9.17) is 0 Å². The van der Waals surface area contributed by atoms with Crippen LogP contribution in [0.2, 0.25) is 0 Å². The van der Waals surface area contributed by atoms with Crippen LogP contribution in [0.3, 0.4) is 0 Å². The van der Waals surface area contributed by atoms with Gasteiger partial charge in [0.15, 0.2) is 0 Å². The maximum Gasteiger partial charge on any atom is 0.0989 e. The molecule has 2 aromatic carbocycles. The van der Waals surface area contributed by atoms with Crippen LogP contribution < -0.4 is 15.9 Å². The minimum absolute atomic E-state index is 0.980. The molecule has 3 aromatic rings. The Bertz CT molecular complexity index is 727. The van der Waals surface area contributed by atoms with Gasteiger partial charge in [0, 0.05) is 22.8 Å². The van der Waals surface area contributed by atoms with Crippen molar-refractivity contribution in [2.75, 3.05) is 19.4 Å². The second kappa shape index (κ2) is 8.76. The van der Waals surface area contributed by atoms with Gasteiger partial charge in [0.2, 0.25) is 0 Å². The Hall–Kier alpha value is -1.47. The number of aryl methyl sites for hydroxylation is 1. The largest absolute Gasteiger partial charge is 0.308 e. The molecule has 3 heteroatoms. The molecule has 3 rings (SSSR count). The van der Waals surface area contributed by atoms with Crippen LogP contribution in [0.4, 0.5) is 0 Å². The van der Waals surface area contributed by atoms with Crippen molar-refractivity contribution in [1.29, 1.82) is 0 Å². The summed E-state index contributed by atoms with van der Waals surface area (Å²) in [7, 11) is -1.36. The molecule has 25 heavy (non-hydrogen) atoms. The van der Waals surface area contributed by atoms with Gasteiger partial charge in [0.1, 0.15) is 0 Å². The van der Waals surface area contributed by atoms with E-state index in [0.717, 1.165) is 19.5 Å². The molecule has 0 spiro atoms. The van der Waals surface area contributed by atoms with Gasteiger partial charge in [-0.2, -0.15) is 0 Å². The lowest BCUT2D eigenvalue weighted by molar-refractivity contribution is 0.738. The molecule has 0 aliphatic rings. The molecule has 1 N–H and O–H groups in total. The predicted molar refractivity (Wildman–Crippen MR) is 115 cm³/mol. The fraction of sp³-hybridized carbons (Fsp3) is 0.273. The zero-order chi connectivity index (χ0) is 17.5. The number of thiophene rings is 1. The summed E-state index contributed by atoms with van der Waals surface area (Å²) in [5.41, 5.74) is 0. The molecule has 1 nitrogen and oxygen atoms in total. The second-order valence-electron chi connectivity index (χ2n) is 6.48. The van der Waals surface area contributed by atoms with E-state index >= 15 is 0 Å². The minimum Gasteiger partial charge on any atom is -0.308 e. The summed E-state index contributed by atoms with van der Waals surface area (Å²) in [4.78, 5) is 2.92. The zero-order valence-corrected chi connectivity index (χ0v) is 16.8. The monoisotopic (exact) mass is 368 g/mol. The molecule has 0 aliphatic heterocycles. The third-order valence-electron chi connectivity index (χ3n) is 4.75. The molecule has 1 aromatic heterocycles. The smallest absolute Gasteiger partial charge is 0.0989 e. The molecule has 0 saturated carbocycles. The van der Waals surface area contributed by atoms with E-state index in [0.29, 0.717) is 0 Å². The fourth-order valence-corrected chi connectivity index (χ4v) is 7.15. The van der Waals surface area contributed by atoms with E-state index in [-0.39, 0.29) is 0 Å². The van der Waals surface area contributed by atoms with E-state index in [1.54, 1.807) is 0 Å². The maximum absolute atomic E-state index is 3.67. The van der Waals surface area contributed by atoms with Crippen molar-refractivity contribution in [1.82, 2.24) is 5.32 Å². The van der Waals surface area contributed by atoms with Crippen LogP contribution >= 0.6 is 18.6 Å². The van der Waals surface area contributed by atoms with Gasteiger partial charge >= 0.3 is 0 Å². The first-order chi connectivity index (χ1) is 12.2. The normalized spacial score (nSPS) is 11.6. The summed E-state index contributed by atoms with van der Waals surface area (Å²) in [5.74, 6) is 0. The highest BCUT2D eigenvalue weighted by molar-refractivity contribution is 7.88. The highest BCUT2D eigenvalue weighted by Crippen LogP contribution is 2.51. The maximum atomic E-state index is 3.67. The highest BCUT2D eigenvalue weighted by atomic mass is 32.1. The number of rotatable bonds is 8. The molecule has 0 radical (unpaired) electrons. The Morgan fingerprint density at radius 2 is 1.36 bits per heavy atom. The molecule has 1 heterocycles. The van der Waals surface area contributed by atoms with E-state index in [1.807, 2.05) is 11.3 Å². The lowest BCUT2D eigenvalue weighted by Gasteiger charge is -2.23. The third kappa shape index (κ3) is 4.58. The molecule has 0 bridgehead atoms. The number of hydrogen-bond acceptors (Lipinski definition) is 2. The van der Waals surface area contributed by atoms with Crippen LogP contribution in [0, 0.1) is 0 Å². The molecule has 0 aliphatic carbocycles. The van der Waals surface area contributed by atoms with Crippen molar-refractivity contribution < 1.29 is 0 Å². The lowest BCUT2D eigenvalue weighted by atomic mass is 10.3. The summed E-state index contributed by atoms with van der Waals surface area (Å²) in [6, 6.07) is 26.6. The van der Waals surface area contributed by atoms with Crippen LogP contribution in [0.1, 0.15) is 16.7 Å². The van der Waals surface area contributed by atoms with Gasteiger partial charge in [-0.05, 0) is 42.8 Å². The van der Waals surface area contributed by atoms with Crippen LogP contribution in [-0.4, -0.2) is 19.4 Å². The van der Waals surface area contributed by atoms with Gasteiger partial charge in [0.25, 0.3) is 0 Å². The van der Waals surface area contributed by atoms with E-state index in [2.05, 4.69) is 91.7 Å². The third-order valence-corrected chi connectivity index (χ3v) is 9.98. The Morgan fingerprint density at radius 3 is 1.88 bits per heavy atom. The predicted octanol–water partition coefficient (Wildman–Crippen LogP) is 4.70. The first kappa shape index (κ1) is 18.3. The topological polar surface area (TPSA) is 12.0 Å². The van der Waals surface area contributed by atoms with Crippen molar-refractivity contribution in [3.63, 3.8) is 0 Å². The molecule has 0 fully saturated rings. The van der Waals surface area contributed by atoms with Gasteiger partial charge in [-0.3, -0.25) is 0 Å². The van der Waals surface area contributed by atoms with Gasteiger partial charge in [-0.1, -0.05) is 43.3 Å². The lowest BCUT2D eigenvalue weighted by Crippen LogP contribution is -2.29. The summed E-state index contributed by atoms with van der Waals surface area (Å²) >= 11 is 1.93. The molecular formula is C22H27NPS+. The van der Waals surface area contributed by atoms with E-state index < -0.39 is 7.26 Å². The number of benzene rings is 2. The Morgan fingerprint density at radius 1 is 0.800 bits per heavy atom. The fourth-order valence-electron chi connectivity index (χ4n) is 3.14. The SMILES string of the molecule is CCc1ccc(CNCC[P+](C)(c2ccccc2)c2ccccc2)s1. The quantitative estimate of drug-likeness (QED) is 0.449. The van der Waals surface area contributed by atoms with Crippen molar-refractivity contribution in [2.24, 2.45) is 0 Å². The molecule has 130 valence electrons. The van der Waals surface area contributed by atoms with Gasteiger partial charge < -0.3 is 5.32 Å². The molecular weight excluding hydrogens is 341 g/mol. The Labute approximate surface area is 156 Å². The summed E-state index contributed by atoms with van der Waals surface area (Å²) in [6.07, 6.45) is 2.32. The van der Waals surface area contributed by atoms with Crippen molar-refractivity contribution in [3.8, 4) is 0 Å². The molecule has 0 amide bonds. The van der Waals surface area contributed by atoms with Crippen LogP contribution in [0.15, 0.2) is 72.8 Å². The Balaban J connectivity index is 1.68. The van der Waals surface area contributed by atoms with Crippen LogP contribution in [0.5, 0.6) is 0 Å². The van der Waals surface area contributed by atoms with Crippen molar-refractivity contribution in [2.45, 2.75) is 19.9 Å². The summed E-state index contributed by atoms with van der Waals surface area (Å²) in [5, 5.41) is 6.66. The van der Waals surface area contributed by atoms with Gasteiger partial charge in [-0.25, -0.2) is 0 Å². The summed E-state index contributed by atoms with van der Waals surface area (Å²) in [6.45, 7) is 6.72. The molecule has 0 atom stereocenters. The first-order valence-electron chi connectivity index (χ1n) is 8.97. The standard InChI is InChI=1S/C22H27NPS/c1-3-21-14-15-22(25-21)18-23-16-17-24(2,19-10-6-4-7-11-19)20-12-8-5-9-13-20/h4-15,23H,3,16-18H2,1-2H3/q+1. The zero-order valence-electron chi connectivity index (χ0n) is 15.1. The van der Waals surface area contributed by atoms with Crippen LogP contribution in [-0.2, 0) is 13.0 Å². The van der Waals surface area contributed by atoms with Crippen LogP contribution in [0.25, 0.3) is 0 Å². The average Bonchev–Trinajstić information content (AvgIpc) is 3.14. The molecule has 0 unspecified atom stereocenters. The number of nitrogens with one attached hydrogen (secondary N) is 1. The first-order valence-corrected chi connectivity index (χ1v) is 12.2. The number of hydrogen-bond donors (Lipinski definition) is 1. The molecule has 0 saturated heterocycles. The van der Waals surface area contributed by atoms with E-state index in [1.165, 1.54) is 26.5 Å². The van der Waals surface area contributed by atoms with E-state index in [9.17, 15) is 0 Å². The minimum atomic E-state index is -1.36. The second-order valence-corrected chi connectivity index (χ2v) is 11.6. The van der Waals surface area contributed by atoms with Gasteiger partial charge in [-0.15, -0.1) is 11.3 Å². The Kier molecular flexibility index (Phi) is 6.42. The average molecular weight is 369 g/mol. The highest BCUT2D eigenvalue weighted by Gasteiger charge is 2.36. The van der Waals surface area contributed by atoms with Gasteiger partial charge in [0.05, 0.1) is 30.7 Å². The summed E-state index contributed by atoms with van der Waals surface area (Å²) < 4.78 is 0. The van der Waals surface area contributed by atoms with Crippen molar-refractivity contribution in [3.05, 3.63) is 82.6 Å². The van der Waals surface area contributed by atoms with Crippen molar-refractivity contribution >= 4 is 29.2 Å².